The fourth-order valence-electron chi connectivity index (χ4n) is 2.25. The van der Waals surface area contributed by atoms with Crippen molar-refractivity contribution in [1.29, 1.82) is 0 Å². The van der Waals surface area contributed by atoms with Gasteiger partial charge in [0.15, 0.2) is 0 Å². The van der Waals surface area contributed by atoms with E-state index >= 15 is 0 Å². The lowest BCUT2D eigenvalue weighted by atomic mass is 9.80. The Hall–Kier alpha value is -0.400. The molecule has 0 aromatic heterocycles. The molecule has 0 atom stereocenters. The van der Waals surface area contributed by atoms with E-state index < -0.39 is 0 Å². The first-order valence-electron chi connectivity index (χ1n) is 4.64. The zero-order valence-electron chi connectivity index (χ0n) is 6.88. The second-order valence-electron chi connectivity index (χ2n) is 4.26. The monoisotopic (exact) mass is 153 g/mol. The summed E-state index contributed by atoms with van der Waals surface area (Å²) in [5, 5.41) is 2.98. The Labute approximate surface area is 67.3 Å². The molecule has 0 N–H and O–H groups in total. The van der Waals surface area contributed by atoms with Crippen molar-refractivity contribution in [2.75, 3.05) is 6.54 Å². The molecule has 0 amide bonds. The lowest BCUT2D eigenvalue weighted by molar-refractivity contribution is 0.262. The molecule has 2 saturated carbocycles. The van der Waals surface area contributed by atoms with Gasteiger partial charge in [-0.2, -0.15) is 4.91 Å². The van der Waals surface area contributed by atoms with Crippen LogP contribution in [-0.4, -0.2) is 6.54 Å². The summed E-state index contributed by atoms with van der Waals surface area (Å²) in [6, 6.07) is 0. The topological polar surface area (TPSA) is 29.4 Å². The highest BCUT2D eigenvalue weighted by Crippen LogP contribution is 2.57. The van der Waals surface area contributed by atoms with Crippen LogP contribution in [0.4, 0.5) is 0 Å². The largest absolute Gasteiger partial charge is 0.151 e. The molecule has 2 heteroatoms. The van der Waals surface area contributed by atoms with Crippen LogP contribution < -0.4 is 0 Å². The molecule has 2 aliphatic rings. The first-order chi connectivity index (χ1) is 5.35. The Kier molecular flexibility index (Phi) is 1.70. The van der Waals surface area contributed by atoms with Gasteiger partial charge < -0.3 is 0 Å². The van der Waals surface area contributed by atoms with Crippen molar-refractivity contribution in [2.24, 2.45) is 16.5 Å². The number of nitroso groups, excluding NO2 is 1. The van der Waals surface area contributed by atoms with E-state index in [0.717, 1.165) is 5.41 Å². The van der Waals surface area contributed by atoms with Crippen molar-refractivity contribution >= 4 is 0 Å². The van der Waals surface area contributed by atoms with E-state index in [2.05, 4.69) is 5.18 Å². The molecule has 1 spiro atoms. The van der Waals surface area contributed by atoms with Gasteiger partial charge in [-0.05, 0) is 49.9 Å². The van der Waals surface area contributed by atoms with Crippen LogP contribution in [0, 0.1) is 16.2 Å². The van der Waals surface area contributed by atoms with E-state index in [-0.39, 0.29) is 0 Å². The van der Waals surface area contributed by atoms with Crippen LogP contribution in [0.25, 0.3) is 0 Å². The summed E-state index contributed by atoms with van der Waals surface area (Å²) in [4.78, 5) is 10.0. The van der Waals surface area contributed by atoms with E-state index in [4.69, 9.17) is 0 Å². The van der Waals surface area contributed by atoms with Crippen LogP contribution in [0.5, 0.6) is 0 Å². The third-order valence-corrected chi connectivity index (χ3v) is 3.46. The summed E-state index contributed by atoms with van der Waals surface area (Å²) in [5.74, 6) is 0.624. The summed E-state index contributed by atoms with van der Waals surface area (Å²) in [5.41, 5.74) is 0.763. The van der Waals surface area contributed by atoms with Gasteiger partial charge in [-0.25, -0.2) is 0 Å². The van der Waals surface area contributed by atoms with E-state index in [1.807, 2.05) is 0 Å². The van der Waals surface area contributed by atoms with Crippen molar-refractivity contribution < 1.29 is 0 Å². The molecule has 0 radical (unpaired) electrons. The highest BCUT2D eigenvalue weighted by atomic mass is 16.3. The van der Waals surface area contributed by atoms with Crippen LogP contribution in [0.1, 0.15) is 38.5 Å². The van der Waals surface area contributed by atoms with Crippen molar-refractivity contribution in [1.82, 2.24) is 0 Å². The van der Waals surface area contributed by atoms with Crippen LogP contribution in [0.15, 0.2) is 5.18 Å². The van der Waals surface area contributed by atoms with Gasteiger partial charge in [-0.1, -0.05) is 5.18 Å². The molecule has 0 aliphatic heterocycles. The van der Waals surface area contributed by atoms with E-state index in [0.29, 0.717) is 12.5 Å². The molecule has 0 aromatic carbocycles. The Bertz CT molecular complexity index is 153. The summed E-state index contributed by atoms with van der Waals surface area (Å²) in [6.45, 7) is 0.566. The number of rotatable bonds is 2. The van der Waals surface area contributed by atoms with Crippen LogP contribution >= 0.6 is 0 Å². The van der Waals surface area contributed by atoms with E-state index in [9.17, 15) is 4.91 Å². The van der Waals surface area contributed by atoms with Crippen LogP contribution in [-0.2, 0) is 0 Å². The standard InChI is InChI=1S/C9H15NO/c11-10-7-8-1-3-9(4-2-8)5-6-9/h8H,1-7H2. The van der Waals surface area contributed by atoms with Crippen LogP contribution in [0.2, 0.25) is 0 Å². The molecule has 2 aliphatic carbocycles. The summed E-state index contributed by atoms with van der Waals surface area (Å²) >= 11 is 0. The van der Waals surface area contributed by atoms with Crippen LogP contribution in [0.3, 0.4) is 0 Å². The fraction of sp³-hybridized carbons (Fsp3) is 1.00. The molecular weight excluding hydrogens is 138 g/mol. The van der Waals surface area contributed by atoms with Gasteiger partial charge >= 0.3 is 0 Å². The van der Waals surface area contributed by atoms with Gasteiger partial charge in [0, 0.05) is 0 Å². The molecule has 2 nitrogen and oxygen atoms in total. The van der Waals surface area contributed by atoms with Gasteiger partial charge in [0.25, 0.3) is 0 Å². The van der Waals surface area contributed by atoms with Gasteiger partial charge in [0.1, 0.15) is 0 Å². The van der Waals surface area contributed by atoms with Crippen molar-refractivity contribution in [3.63, 3.8) is 0 Å². The van der Waals surface area contributed by atoms with Crippen molar-refractivity contribution in [2.45, 2.75) is 38.5 Å². The Balaban J connectivity index is 1.79. The first-order valence-corrected chi connectivity index (χ1v) is 4.64. The maximum atomic E-state index is 10.0. The van der Waals surface area contributed by atoms with Crippen molar-refractivity contribution in [3.05, 3.63) is 4.91 Å². The molecule has 2 fully saturated rings. The zero-order valence-corrected chi connectivity index (χ0v) is 6.88. The molecule has 2 rings (SSSR count). The quantitative estimate of drug-likeness (QED) is 0.561. The normalized spacial score (nSPS) is 28.7. The summed E-state index contributed by atoms with van der Waals surface area (Å²) < 4.78 is 0. The maximum Gasteiger partial charge on any atom is 0.0839 e. The minimum absolute atomic E-state index is 0.566. The third kappa shape index (κ3) is 1.44. The molecule has 0 heterocycles. The average molecular weight is 153 g/mol. The van der Waals surface area contributed by atoms with Gasteiger partial charge in [0.05, 0.1) is 6.54 Å². The number of hydrogen-bond acceptors (Lipinski definition) is 2. The van der Waals surface area contributed by atoms with Crippen molar-refractivity contribution in [3.8, 4) is 0 Å². The Morgan fingerprint density at radius 3 is 2.27 bits per heavy atom. The predicted octanol–water partition coefficient (Wildman–Crippen LogP) is 2.72. The van der Waals surface area contributed by atoms with Gasteiger partial charge in [-0.15, -0.1) is 0 Å². The third-order valence-electron chi connectivity index (χ3n) is 3.46. The lowest BCUT2D eigenvalue weighted by Crippen LogP contribution is -2.16. The molecule has 11 heavy (non-hydrogen) atoms. The molecule has 0 unspecified atom stereocenters. The molecule has 0 bridgehead atoms. The second-order valence-corrected chi connectivity index (χ2v) is 4.26. The average Bonchev–Trinajstić information content (AvgIpc) is 2.76. The predicted molar refractivity (Wildman–Crippen MR) is 44.3 cm³/mol. The SMILES string of the molecule is O=NCC1CCC2(CC1)CC2. The highest BCUT2D eigenvalue weighted by molar-refractivity contribution is 4.96. The van der Waals surface area contributed by atoms with E-state index in [1.54, 1.807) is 0 Å². The molecule has 0 saturated heterocycles. The minimum atomic E-state index is 0.566. The fourth-order valence-corrected chi connectivity index (χ4v) is 2.25. The first kappa shape index (κ1) is 7.26. The Morgan fingerprint density at radius 2 is 1.82 bits per heavy atom. The lowest BCUT2D eigenvalue weighted by Gasteiger charge is -2.26. The summed E-state index contributed by atoms with van der Waals surface area (Å²) in [6.07, 6.45) is 8.15. The smallest absolute Gasteiger partial charge is 0.0839 e. The summed E-state index contributed by atoms with van der Waals surface area (Å²) in [7, 11) is 0. The van der Waals surface area contributed by atoms with Gasteiger partial charge in [0.2, 0.25) is 0 Å². The van der Waals surface area contributed by atoms with E-state index in [1.165, 1.54) is 38.5 Å². The number of nitrogens with zero attached hydrogens (tertiary/aromatic N) is 1. The number of hydrogen-bond donors (Lipinski definition) is 0. The zero-order chi connectivity index (χ0) is 7.73. The second kappa shape index (κ2) is 2.58. The molecule has 62 valence electrons. The Morgan fingerprint density at radius 1 is 1.18 bits per heavy atom. The minimum Gasteiger partial charge on any atom is -0.151 e. The maximum absolute atomic E-state index is 10.0. The van der Waals surface area contributed by atoms with Gasteiger partial charge in [-0.3, -0.25) is 0 Å². The molecule has 0 aromatic rings. The highest BCUT2D eigenvalue weighted by Gasteiger charge is 2.44. The molecular formula is C9H15NO.